The second-order valence-electron chi connectivity index (χ2n) is 4.55. The molecule has 9 heteroatoms. The minimum Gasteiger partial charge on any atom is -0.397 e. The lowest BCUT2D eigenvalue weighted by molar-refractivity contribution is -0.388. The SMILES string of the molecule is Cn1nc([N+](=O)[O-])c2c(N)c(C(=O)Nc3ccccc3)sc21. The molecule has 0 aliphatic heterocycles. The summed E-state index contributed by atoms with van der Waals surface area (Å²) in [6.07, 6.45) is 0. The first-order valence-corrected chi connectivity index (χ1v) is 7.06. The van der Waals surface area contributed by atoms with Gasteiger partial charge in [0.2, 0.25) is 0 Å². The number of benzene rings is 1. The van der Waals surface area contributed by atoms with Crippen molar-refractivity contribution >= 4 is 44.7 Å². The fourth-order valence-electron chi connectivity index (χ4n) is 2.12. The molecule has 3 rings (SSSR count). The highest BCUT2D eigenvalue weighted by atomic mass is 32.1. The van der Waals surface area contributed by atoms with Gasteiger partial charge in [-0.3, -0.25) is 4.79 Å². The Morgan fingerprint density at radius 3 is 2.73 bits per heavy atom. The van der Waals surface area contributed by atoms with Crippen molar-refractivity contribution in [2.75, 3.05) is 11.1 Å². The van der Waals surface area contributed by atoms with Gasteiger partial charge >= 0.3 is 5.82 Å². The van der Waals surface area contributed by atoms with E-state index in [-0.39, 0.29) is 21.8 Å². The van der Waals surface area contributed by atoms with E-state index in [1.807, 2.05) is 6.07 Å². The molecule has 3 N–H and O–H groups in total. The zero-order valence-electron chi connectivity index (χ0n) is 11.4. The largest absolute Gasteiger partial charge is 0.400 e. The van der Waals surface area contributed by atoms with Crippen LogP contribution < -0.4 is 11.1 Å². The number of anilines is 2. The maximum Gasteiger partial charge on any atom is 0.400 e. The van der Waals surface area contributed by atoms with Crippen LogP contribution in [-0.4, -0.2) is 20.6 Å². The smallest absolute Gasteiger partial charge is 0.397 e. The van der Waals surface area contributed by atoms with E-state index in [0.717, 1.165) is 11.3 Å². The summed E-state index contributed by atoms with van der Waals surface area (Å²) in [5.41, 5.74) is 6.64. The zero-order valence-corrected chi connectivity index (χ0v) is 12.3. The van der Waals surface area contributed by atoms with Crippen molar-refractivity contribution < 1.29 is 9.72 Å². The first-order valence-electron chi connectivity index (χ1n) is 6.24. The normalized spacial score (nSPS) is 10.8. The highest BCUT2D eigenvalue weighted by Gasteiger charge is 2.29. The molecule has 22 heavy (non-hydrogen) atoms. The number of rotatable bonds is 3. The molecular formula is C13H11N5O3S. The van der Waals surface area contributed by atoms with Gasteiger partial charge in [-0.15, -0.1) is 11.3 Å². The van der Waals surface area contributed by atoms with Crippen molar-refractivity contribution in [3.05, 3.63) is 45.3 Å². The quantitative estimate of drug-likeness (QED) is 0.568. The van der Waals surface area contributed by atoms with Crippen molar-refractivity contribution in [3.63, 3.8) is 0 Å². The van der Waals surface area contributed by atoms with Crippen molar-refractivity contribution in [1.82, 2.24) is 9.78 Å². The highest BCUT2D eigenvalue weighted by molar-refractivity contribution is 7.21. The number of aromatic nitrogens is 2. The van der Waals surface area contributed by atoms with E-state index in [9.17, 15) is 14.9 Å². The van der Waals surface area contributed by atoms with Gasteiger partial charge in [-0.2, -0.15) is 4.68 Å². The van der Waals surface area contributed by atoms with Crippen LogP contribution in [0.15, 0.2) is 30.3 Å². The van der Waals surface area contributed by atoms with Crippen LogP contribution in [0.1, 0.15) is 9.67 Å². The predicted molar refractivity (Wildman–Crippen MR) is 84.1 cm³/mol. The summed E-state index contributed by atoms with van der Waals surface area (Å²) in [6, 6.07) is 8.90. The van der Waals surface area contributed by atoms with Gasteiger partial charge in [-0.25, -0.2) is 0 Å². The first kappa shape index (κ1) is 14.0. The number of para-hydroxylation sites is 1. The third-order valence-electron chi connectivity index (χ3n) is 3.10. The van der Waals surface area contributed by atoms with Gasteiger partial charge < -0.3 is 21.2 Å². The summed E-state index contributed by atoms with van der Waals surface area (Å²) in [5, 5.41) is 17.8. The van der Waals surface area contributed by atoms with Crippen LogP contribution in [0.4, 0.5) is 17.2 Å². The molecule has 0 unspecified atom stereocenters. The van der Waals surface area contributed by atoms with Crippen LogP contribution >= 0.6 is 11.3 Å². The average Bonchev–Trinajstić information content (AvgIpc) is 2.99. The van der Waals surface area contributed by atoms with Crippen molar-refractivity contribution in [3.8, 4) is 0 Å². The lowest BCUT2D eigenvalue weighted by Crippen LogP contribution is -2.11. The molecule has 0 fully saturated rings. The molecule has 112 valence electrons. The molecule has 1 aromatic carbocycles. The van der Waals surface area contributed by atoms with Crippen LogP contribution in [0.3, 0.4) is 0 Å². The van der Waals surface area contributed by atoms with Gasteiger partial charge in [0.05, 0.1) is 17.8 Å². The number of fused-ring (bicyclic) bond motifs is 1. The monoisotopic (exact) mass is 317 g/mol. The number of nitrogens with zero attached hydrogens (tertiary/aromatic N) is 3. The fourth-order valence-corrected chi connectivity index (χ4v) is 3.14. The molecule has 2 aromatic heterocycles. The Kier molecular flexibility index (Phi) is 3.26. The van der Waals surface area contributed by atoms with E-state index in [1.165, 1.54) is 4.68 Å². The summed E-state index contributed by atoms with van der Waals surface area (Å²) in [6.45, 7) is 0. The van der Waals surface area contributed by atoms with Gasteiger partial charge in [0, 0.05) is 5.69 Å². The van der Waals surface area contributed by atoms with E-state index in [4.69, 9.17) is 5.73 Å². The Balaban J connectivity index is 2.05. The minimum absolute atomic E-state index is 0.0771. The molecule has 0 atom stereocenters. The third-order valence-corrected chi connectivity index (χ3v) is 4.37. The number of amides is 1. The summed E-state index contributed by atoms with van der Waals surface area (Å²) >= 11 is 1.08. The van der Waals surface area contributed by atoms with Gasteiger partial charge in [0.25, 0.3) is 5.91 Å². The number of carbonyl (C=O) groups is 1. The van der Waals surface area contributed by atoms with Gasteiger partial charge in [0.15, 0.2) is 4.83 Å². The number of aryl methyl sites for hydroxylation is 1. The minimum atomic E-state index is -0.607. The Morgan fingerprint density at radius 2 is 2.09 bits per heavy atom. The van der Waals surface area contributed by atoms with Crippen molar-refractivity contribution in [2.45, 2.75) is 0 Å². The average molecular weight is 317 g/mol. The molecule has 0 saturated carbocycles. The predicted octanol–water partition coefficient (Wildman–Crippen LogP) is 2.38. The van der Waals surface area contributed by atoms with Gasteiger partial charge in [0.1, 0.15) is 10.3 Å². The molecule has 0 spiro atoms. The second-order valence-corrected chi connectivity index (χ2v) is 5.55. The van der Waals surface area contributed by atoms with E-state index in [2.05, 4.69) is 10.4 Å². The Morgan fingerprint density at radius 1 is 1.41 bits per heavy atom. The number of nitrogens with one attached hydrogen (secondary N) is 1. The number of nitrogens with two attached hydrogens (primary N) is 1. The van der Waals surface area contributed by atoms with E-state index in [0.29, 0.717) is 10.5 Å². The molecule has 0 aliphatic rings. The zero-order chi connectivity index (χ0) is 15.9. The summed E-state index contributed by atoms with van der Waals surface area (Å²) in [7, 11) is 1.57. The van der Waals surface area contributed by atoms with E-state index in [1.54, 1.807) is 31.3 Å². The summed E-state index contributed by atoms with van der Waals surface area (Å²) in [5.74, 6) is -0.746. The number of carbonyl (C=O) groups excluding carboxylic acids is 1. The number of nitrogen functional groups attached to an aromatic ring is 1. The topological polar surface area (TPSA) is 116 Å². The van der Waals surface area contributed by atoms with Crippen molar-refractivity contribution in [2.24, 2.45) is 7.05 Å². The summed E-state index contributed by atoms with van der Waals surface area (Å²) < 4.78 is 1.35. The Labute approximate surface area is 128 Å². The van der Waals surface area contributed by atoms with Gasteiger partial charge in [-0.05, 0) is 17.1 Å². The molecule has 3 aromatic rings. The van der Waals surface area contributed by atoms with Crippen LogP contribution in [0.5, 0.6) is 0 Å². The molecule has 8 nitrogen and oxygen atoms in total. The van der Waals surface area contributed by atoms with Gasteiger partial charge in [-0.1, -0.05) is 18.2 Å². The molecular weight excluding hydrogens is 306 g/mol. The summed E-state index contributed by atoms with van der Waals surface area (Å²) in [4.78, 5) is 23.5. The number of thiophene rings is 1. The molecule has 2 heterocycles. The second kappa shape index (κ2) is 5.11. The molecule has 0 radical (unpaired) electrons. The fraction of sp³-hybridized carbons (Fsp3) is 0.0769. The number of hydrogen-bond donors (Lipinski definition) is 2. The van der Waals surface area contributed by atoms with Crippen molar-refractivity contribution in [1.29, 1.82) is 0 Å². The molecule has 0 aliphatic carbocycles. The molecule has 1 amide bonds. The third kappa shape index (κ3) is 2.17. The number of nitro groups is 1. The molecule has 0 saturated heterocycles. The van der Waals surface area contributed by atoms with Crippen LogP contribution in [0.2, 0.25) is 0 Å². The maximum atomic E-state index is 12.3. The van der Waals surface area contributed by atoms with Crippen LogP contribution in [0.25, 0.3) is 10.2 Å². The van der Waals surface area contributed by atoms with E-state index >= 15 is 0 Å². The van der Waals surface area contributed by atoms with E-state index < -0.39 is 10.8 Å². The maximum absolute atomic E-state index is 12.3. The lowest BCUT2D eigenvalue weighted by atomic mass is 10.2. The lowest BCUT2D eigenvalue weighted by Gasteiger charge is -2.03. The van der Waals surface area contributed by atoms with Crippen LogP contribution in [0, 0.1) is 10.1 Å². The first-order chi connectivity index (χ1) is 10.5. The number of hydrogen-bond acceptors (Lipinski definition) is 6. The Bertz CT molecular complexity index is 884. The standard InChI is InChI=1S/C13H11N5O3S/c1-17-13-8(11(16-17)18(20)21)9(14)10(22-13)12(19)15-7-5-3-2-4-6-7/h2-6H,14H2,1H3,(H,15,19). The highest BCUT2D eigenvalue weighted by Crippen LogP contribution is 2.39. The molecule has 0 bridgehead atoms. The Hall–Kier alpha value is -2.94. The van der Waals surface area contributed by atoms with Crippen LogP contribution in [-0.2, 0) is 7.05 Å².